The molecule has 20 heavy (non-hydrogen) atoms. The molecule has 2 heterocycles. The maximum absolute atomic E-state index is 12.4. The highest BCUT2D eigenvalue weighted by Crippen LogP contribution is 2.18. The number of nitrogens with zero attached hydrogens (tertiary/aromatic N) is 1. The molecule has 2 aromatic heterocycles. The van der Waals surface area contributed by atoms with Crippen LogP contribution in [0.15, 0.2) is 45.7 Å². The highest BCUT2D eigenvalue weighted by atomic mass is 16.3. The van der Waals surface area contributed by atoms with E-state index in [4.69, 9.17) is 4.42 Å². The third-order valence-electron chi connectivity index (χ3n) is 3.11. The van der Waals surface area contributed by atoms with E-state index in [1.54, 1.807) is 24.4 Å². The minimum Gasteiger partial charge on any atom is -0.437 e. The number of fused-ring (bicyclic) bond motifs is 2. The Morgan fingerprint density at radius 1 is 1.30 bits per heavy atom. The molecule has 0 saturated heterocycles. The largest absolute Gasteiger partial charge is 0.437 e. The summed E-state index contributed by atoms with van der Waals surface area (Å²) in [7, 11) is 0. The first-order valence-electron chi connectivity index (χ1n) is 6.12. The number of pyridine rings is 1. The second-order valence-electron chi connectivity index (χ2n) is 4.54. The molecule has 1 unspecified atom stereocenters. The molecular weight excluding hydrogens is 258 g/mol. The van der Waals surface area contributed by atoms with Gasteiger partial charge in [-0.2, -0.15) is 0 Å². The predicted octanol–water partition coefficient (Wildman–Crippen LogP) is 1.90. The zero-order chi connectivity index (χ0) is 14.3. The zero-order valence-electron chi connectivity index (χ0n) is 10.7. The van der Waals surface area contributed by atoms with Crippen LogP contribution in [0.5, 0.6) is 0 Å². The van der Waals surface area contributed by atoms with E-state index in [0.717, 1.165) is 0 Å². The quantitative estimate of drug-likeness (QED) is 0.567. The fourth-order valence-electron chi connectivity index (χ4n) is 2.09. The Kier molecular flexibility index (Phi) is 2.84. The van der Waals surface area contributed by atoms with Crippen LogP contribution in [0, 0.1) is 0 Å². The van der Waals surface area contributed by atoms with Crippen LogP contribution in [0.25, 0.3) is 22.1 Å². The summed E-state index contributed by atoms with van der Waals surface area (Å²) in [6.07, 6.45) is 0.434. The van der Waals surface area contributed by atoms with Crippen molar-refractivity contribution in [3.63, 3.8) is 0 Å². The molecule has 3 rings (SSSR count). The number of ketones is 1. The number of Topliss-reactive ketones (excluding diaryl/α,β-unsaturated/α-hetero) is 1. The van der Waals surface area contributed by atoms with Crippen LogP contribution in [-0.4, -0.2) is 22.0 Å². The summed E-state index contributed by atoms with van der Waals surface area (Å²) in [4.78, 5) is 28.1. The van der Waals surface area contributed by atoms with E-state index in [2.05, 4.69) is 4.98 Å². The highest BCUT2D eigenvalue weighted by molar-refractivity contribution is 6.02. The summed E-state index contributed by atoms with van der Waals surface area (Å²) in [5.74, 6) is -0.433. The first kappa shape index (κ1) is 12.5. The average Bonchev–Trinajstić information content (AvgIpc) is 2.46. The molecule has 1 aromatic carbocycles. The van der Waals surface area contributed by atoms with Crippen molar-refractivity contribution in [2.24, 2.45) is 0 Å². The zero-order valence-corrected chi connectivity index (χ0v) is 10.7. The normalized spacial score (nSPS) is 12.7. The number of hydrogen-bond donors (Lipinski definition) is 1. The number of hydrogen-bond acceptors (Lipinski definition) is 5. The van der Waals surface area contributed by atoms with Crippen molar-refractivity contribution in [1.82, 2.24) is 4.98 Å². The fraction of sp³-hybridized carbons (Fsp3) is 0.133. The second kappa shape index (κ2) is 4.54. The Balaban J connectivity index is 2.34. The van der Waals surface area contributed by atoms with Crippen molar-refractivity contribution in [2.75, 3.05) is 0 Å². The van der Waals surface area contributed by atoms with Gasteiger partial charge in [0, 0.05) is 11.8 Å². The summed E-state index contributed by atoms with van der Waals surface area (Å²) in [6.45, 7) is 1.39. The maximum Gasteiger partial charge on any atom is 0.230 e. The van der Waals surface area contributed by atoms with Crippen molar-refractivity contribution in [1.29, 1.82) is 0 Å². The summed E-state index contributed by atoms with van der Waals surface area (Å²) < 4.78 is 5.54. The Labute approximate surface area is 113 Å². The molecule has 0 aliphatic carbocycles. The lowest BCUT2D eigenvalue weighted by molar-refractivity contribution is 0.0779. The molecule has 0 fully saturated rings. The van der Waals surface area contributed by atoms with E-state index in [1.165, 1.54) is 19.1 Å². The average molecular weight is 269 g/mol. The number of carbonyl (C=O) groups is 1. The third-order valence-corrected chi connectivity index (χ3v) is 3.11. The number of aromatic nitrogens is 1. The van der Waals surface area contributed by atoms with E-state index < -0.39 is 11.9 Å². The smallest absolute Gasteiger partial charge is 0.230 e. The van der Waals surface area contributed by atoms with Crippen LogP contribution in [0.4, 0.5) is 0 Å². The Morgan fingerprint density at radius 2 is 2.10 bits per heavy atom. The number of benzene rings is 1. The topological polar surface area (TPSA) is 80.4 Å². The SMILES string of the molecule is CC(O)C(=O)c1ccc2oc3ncccc3c(=O)c2c1. The van der Waals surface area contributed by atoms with E-state index in [-0.39, 0.29) is 16.7 Å². The van der Waals surface area contributed by atoms with E-state index in [0.29, 0.717) is 16.4 Å². The minimum atomic E-state index is -1.11. The molecule has 100 valence electrons. The van der Waals surface area contributed by atoms with Crippen LogP contribution in [-0.2, 0) is 0 Å². The number of rotatable bonds is 2. The lowest BCUT2D eigenvalue weighted by Gasteiger charge is -2.05. The number of aliphatic hydroxyl groups is 1. The van der Waals surface area contributed by atoms with Gasteiger partial charge in [-0.15, -0.1) is 0 Å². The first-order valence-corrected chi connectivity index (χ1v) is 6.12. The molecular formula is C15H11NO4. The molecule has 1 N–H and O–H groups in total. The van der Waals surface area contributed by atoms with Gasteiger partial charge >= 0.3 is 0 Å². The van der Waals surface area contributed by atoms with Gasteiger partial charge in [-0.05, 0) is 37.3 Å². The summed E-state index contributed by atoms with van der Waals surface area (Å²) in [6, 6.07) is 7.78. The van der Waals surface area contributed by atoms with Crippen LogP contribution in [0.2, 0.25) is 0 Å². The number of aliphatic hydroxyl groups excluding tert-OH is 1. The van der Waals surface area contributed by atoms with Crippen LogP contribution >= 0.6 is 0 Å². The van der Waals surface area contributed by atoms with Gasteiger partial charge in [0.25, 0.3) is 0 Å². The molecule has 5 nitrogen and oxygen atoms in total. The van der Waals surface area contributed by atoms with Gasteiger partial charge in [-0.3, -0.25) is 9.59 Å². The monoisotopic (exact) mass is 269 g/mol. The van der Waals surface area contributed by atoms with Gasteiger partial charge in [-0.25, -0.2) is 4.98 Å². The van der Waals surface area contributed by atoms with Crippen molar-refractivity contribution >= 4 is 27.9 Å². The van der Waals surface area contributed by atoms with Crippen LogP contribution in [0.1, 0.15) is 17.3 Å². The molecule has 0 amide bonds. The van der Waals surface area contributed by atoms with Crippen LogP contribution in [0.3, 0.4) is 0 Å². The van der Waals surface area contributed by atoms with Gasteiger partial charge in [-0.1, -0.05) is 0 Å². The van der Waals surface area contributed by atoms with Gasteiger partial charge in [0.2, 0.25) is 11.1 Å². The molecule has 0 saturated carbocycles. The van der Waals surface area contributed by atoms with Crippen molar-refractivity contribution < 1.29 is 14.3 Å². The van der Waals surface area contributed by atoms with Crippen molar-refractivity contribution in [2.45, 2.75) is 13.0 Å². The summed E-state index contributed by atoms with van der Waals surface area (Å²) in [5.41, 5.74) is 0.667. The molecule has 3 aromatic rings. The Hall–Kier alpha value is -2.53. The predicted molar refractivity (Wildman–Crippen MR) is 73.8 cm³/mol. The van der Waals surface area contributed by atoms with Crippen molar-refractivity contribution in [3.05, 3.63) is 52.3 Å². The summed E-state index contributed by atoms with van der Waals surface area (Å²) >= 11 is 0. The minimum absolute atomic E-state index is 0.241. The van der Waals surface area contributed by atoms with Gasteiger partial charge in [0.05, 0.1) is 10.8 Å². The van der Waals surface area contributed by atoms with E-state index >= 15 is 0 Å². The van der Waals surface area contributed by atoms with Crippen LogP contribution < -0.4 is 5.43 Å². The Bertz CT molecular complexity index is 880. The lowest BCUT2D eigenvalue weighted by Crippen LogP contribution is -2.16. The lowest BCUT2D eigenvalue weighted by atomic mass is 10.0. The van der Waals surface area contributed by atoms with Gasteiger partial charge < -0.3 is 9.52 Å². The molecule has 0 aliphatic heterocycles. The third kappa shape index (κ3) is 1.88. The first-order chi connectivity index (χ1) is 9.58. The number of carbonyl (C=O) groups excluding carboxylic acids is 1. The fourth-order valence-corrected chi connectivity index (χ4v) is 2.09. The molecule has 1 atom stereocenters. The molecule has 0 radical (unpaired) electrons. The molecule has 5 heteroatoms. The van der Waals surface area contributed by atoms with Gasteiger partial charge in [0.1, 0.15) is 11.7 Å². The second-order valence-corrected chi connectivity index (χ2v) is 4.54. The maximum atomic E-state index is 12.4. The van der Waals surface area contributed by atoms with Crippen molar-refractivity contribution in [3.8, 4) is 0 Å². The molecule has 0 aliphatic rings. The highest BCUT2D eigenvalue weighted by Gasteiger charge is 2.15. The molecule has 0 bridgehead atoms. The standard InChI is InChI=1S/C15H11NO4/c1-8(17)13(18)9-4-5-12-11(7-9)14(19)10-3-2-6-16-15(10)20-12/h2-8,17H,1H3. The van der Waals surface area contributed by atoms with E-state index in [1.807, 2.05) is 0 Å². The van der Waals surface area contributed by atoms with Gasteiger partial charge in [0.15, 0.2) is 5.78 Å². The summed E-state index contributed by atoms with van der Waals surface area (Å²) in [5, 5.41) is 9.99. The van der Waals surface area contributed by atoms with E-state index in [9.17, 15) is 14.7 Å². The Morgan fingerprint density at radius 3 is 2.85 bits per heavy atom. The molecule has 0 spiro atoms.